The highest BCUT2D eigenvalue weighted by Crippen LogP contribution is 2.17. The van der Waals surface area contributed by atoms with Crippen LogP contribution in [0.2, 0.25) is 0 Å². The van der Waals surface area contributed by atoms with Gasteiger partial charge in [-0.05, 0) is 18.5 Å². The molecular weight excluding hydrogens is 140 g/mol. The van der Waals surface area contributed by atoms with E-state index in [-0.39, 0.29) is 11.8 Å². The third-order valence-electron chi connectivity index (χ3n) is 2.21. The topological polar surface area (TPSA) is 55.1 Å². The van der Waals surface area contributed by atoms with Gasteiger partial charge in [-0.2, -0.15) is 0 Å². The number of allylic oxidation sites excluding steroid dienone is 1. The number of carbonyl (C=O) groups is 1. The second-order valence-corrected chi connectivity index (χ2v) is 3.00. The van der Waals surface area contributed by atoms with E-state index in [1.54, 1.807) is 0 Å². The van der Waals surface area contributed by atoms with E-state index < -0.39 is 0 Å². The first-order valence-corrected chi connectivity index (χ1v) is 3.89. The summed E-state index contributed by atoms with van der Waals surface area (Å²) in [5.41, 5.74) is 5.18. The number of nitrogens with two attached hydrogens (primary N) is 1. The Labute approximate surface area is 66.6 Å². The summed E-state index contributed by atoms with van der Waals surface area (Å²) < 4.78 is 0. The van der Waals surface area contributed by atoms with Gasteiger partial charge in [-0.25, -0.2) is 0 Å². The van der Waals surface area contributed by atoms with Crippen molar-refractivity contribution in [3.63, 3.8) is 0 Å². The summed E-state index contributed by atoms with van der Waals surface area (Å²) in [7, 11) is 0. The highest BCUT2D eigenvalue weighted by molar-refractivity contribution is 5.76. The first kappa shape index (κ1) is 8.11. The first-order chi connectivity index (χ1) is 5.22. The number of rotatable bonds is 2. The molecule has 1 aliphatic rings. The molecule has 1 amide bonds. The van der Waals surface area contributed by atoms with E-state index in [0.29, 0.717) is 5.92 Å². The Morgan fingerprint density at radius 3 is 3.00 bits per heavy atom. The maximum Gasteiger partial charge on any atom is 0.220 e. The van der Waals surface area contributed by atoms with Crippen LogP contribution in [0.25, 0.3) is 0 Å². The van der Waals surface area contributed by atoms with Gasteiger partial charge in [0.2, 0.25) is 5.91 Å². The molecule has 62 valence electrons. The molecule has 2 unspecified atom stereocenters. The summed E-state index contributed by atoms with van der Waals surface area (Å²) in [6, 6.07) is 0. The molecule has 0 aromatic rings. The Kier molecular flexibility index (Phi) is 2.52. The fourth-order valence-electron chi connectivity index (χ4n) is 1.24. The molecule has 2 atom stereocenters. The van der Waals surface area contributed by atoms with E-state index in [2.05, 4.69) is 5.32 Å². The van der Waals surface area contributed by atoms with Crippen molar-refractivity contribution >= 4 is 5.91 Å². The summed E-state index contributed by atoms with van der Waals surface area (Å²) in [6.07, 6.45) is 4.91. The highest BCUT2D eigenvalue weighted by Gasteiger charge is 2.21. The van der Waals surface area contributed by atoms with Crippen LogP contribution in [0.3, 0.4) is 0 Å². The average Bonchev–Trinajstić information content (AvgIpc) is 2.05. The smallest absolute Gasteiger partial charge is 0.220 e. The second kappa shape index (κ2) is 3.42. The van der Waals surface area contributed by atoms with E-state index in [1.807, 2.05) is 19.2 Å². The number of carbonyl (C=O) groups excluding carboxylic acids is 1. The van der Waals surface area contributed by atoms with Crippen molar-refractivity contribution in [1.29, 1.82) is 0 Å². The lowest BCUT2D eigenvalue weighted by Gasteiger charge is -2.22. The van der Waals surface area contributed by atoms with Gasteiger partial charge in [0.15, 0.2) is 0 Å². The van der Waals surface area contributed by atoms with Crippen molar-refractivity contribution in [2.75, 3.05) is 6.54 Å². The minimum Gasteiger partial charge on any atom is -0.391 e. The van der Waals surface area contributed by atoms with Crippen molar-refractivity contribution in [3.8, 4) is 0 Å². The van der Waals surface area contributed by atoms with Crippen molar-refractivity contribution in [2.24, 2.45) is 17.6 Å². The van der Waals surface area contributed by atoms with E-state index >= 15 is 0 Å². The molecule has 0 saturated carbocycles. The van der Waals surface area contributed by atoms with Gasteiger partial charge in [0.05, 0.1) is 0 Å². The van der Waals surface area contributed by atoms with E-state index in [0.717, 1.165) is 13.0 Å². The number of nitrogens with one attached hydrogen (secondary N) is 1. The fraction of sp³-hybridized carbons (Fsp3) is 0.625. The highest BCUT2D eigenvalue weighted by atomic mass is 16.1. The molecule has 1 heterocycles. The fourth-order valence-corrected chi connectivity index (χ4v) is 1.24. The standard InChI is InChI=1S/C8H14N2O/c1-6(8(9)11)7-3-2-4-10-5-7/h2,4,6-7,10H,3,5H2,1H3,(H2,9,11). The lowest BCUT2D eigenvalue weighted by molar-refractivity contribution is -0.122. The number of primary amides is 1. The van der Waals surface area contributed by atoms with Crippen LogP contribution in [0.4, 0.5) is 0 Å². The molecule has 1 aliphatic heterocycles. The third kappa shape index (κ3) is 1.97. The van der Waals surface area contributed by atoms with Gasteiger partial charge in [0.1, 0.15) is 0 Å². The molecule has 0 saturated heterocycles. The molecule has 0 aliphatic carbocycles. The van der Waals surface area contributed by atoms with Crippen LogP contribution in [0.1, 0.15) is 13.3 Å². The maximum absolute atomic E-state index is 10.8. The summed E-state index contributed by atoms with van der Waals surface area (Å²) in [5.74, 6) is 0.150. The lowest BCUT2D eigenvalue weighted by Crippen LogP contribution is -2.34. The zero-order chi connectivity index (χ0) is 8.27. The Balaban J connectivity index is 2.46. The zero-order valence-corrected chi connectivity index (χ0v) is 6.71. The molecule has 0 aromatic carbocycles. The molecule has 0 spiro atoms. The molecule has 0 bridgehead atoms. The molecule has 0 radical (unpaired) electrons. The third-order valence-corrected chi connectivity index (χ3v) is 2.21. The largest absolute Gasteiger partial charge is 0.391 e. The summed E-state index contributed by atoms with van der Waals surface area (Å²) >= 11 is 0. The Bertz CT molecular complexity index is 177. The van der Waals surface area contributed by atoms with Crippen LogP contribution in [0.5, 0.6) is 0 Å². The molecule has 3 heteroatoms. The van der Waals surface area contributed by atoms with Crippen LogP contribution < -0.4 is 11.1 Å². The Hall–Kier alpha value is -0.990. The van der Waals surface area contributed by atoms with Crippen LogP contribution >= 0.6 is 0 Å². The summed E-state index contributed by atoms with van der Waals surface area (Å²) in [4.78, 5) is 10.8. The summed E-state index contributed by atoms with van der Waals surface area (Å²) in [5, 5.41) is 3.08. The minimum absolute atomic E-state index is 0.0209. The molecule has 11 heavy (non-hydrogen) atoms. The van der Waals surface area contributed by atoms with Gasteiger partial charge in [0.25, 0.3) is 0 Å². The van der Waals surface area contributed by atoms with Gasteiger partial charge in [-0.15, -0.1) is 0 Å². The van der Waals surface area contributed by atoms with Gasteiger partial charge >= 0.3 is 0 Å². The summed E-state index contributed by atoms with van der Waals surface area (Å²) in [6.45, 7) is 2.74. The zero-order valence-electron chi connectivity index (χ0n) is 6.71. The monoisotopic (exact) mass is 154 g/mol. The van der Waals surface area contributed by atoms with Crippen LogP contribution in [0, 0.1) is 11.8 Å². The normalized spacial score (nSPS) is 25.7. The predicted molar refractivity (Wildman–Crippen MR) is 43.6 cm³/mol. The van der Waals surface area contributed by atoms with Crippen LogP contribution in [-0.2, 0) is 4.79 Å². The molecule has 1 rings (SSSR count). The van der Waals surface area contributed by atoms with Gasteiger partial charge in [-0.3, -0.25) is 4.79 Å². The van der Waals surface area contributed by atoms with Crippen molar-refractivity contribution < 1.29 is 4.79 Å². The number of hydrogen-bond acceptors (Lipinski definition) is 2. The van der Waals surface area contributed by atoms with Crippen molar-refractivity contribution in [3.05, 3.63) is 12.3 Å². The van der Waals surface area contributed by atoms with Gasteiger partial charge < -0.3 is 11.1 Å². The molecule has 3 N–H and O–H groups in total. The van der Waals surface area contributed by atoms with E-state index in [9.17, 15) is 4.79 Å². The Morgan fingerprint density at radius 2 is 2.55 bits per heavy atom. The SMILES string of the molecule is CC(C(N)=O)C1CC=CNC1. The molecule has 3 nitrogen and oxygen atoms in total. The lowest BCUT2D eigenvalue weighted by atomic mass is 9.89. The predicted octanol–water partition coefficient (Wildman–Crippen LogP) is 0.231. The number of amides is 1. The van der Waals surface area contributed by atoms with Crippen molar-refractivity contribution in [1.82, 2.24) is 5.32 Å². The van der Waals surface area contributed by atoms with E-state index in [1.165, 1.54) is 0 Å². The van der Waals surface area contributed by atoms with E-state index in [4.69, 9.17) is 5.73 Å². The van der Waals surface area contributed by atoms with Gasteiger partial charge in [0, 0.05) is 12.5 Å². The molecular formula is C8H14N2O. The number of hydrogen-bond donors (Lipinski definition) is 2. The van der Waals surface area contributed by atoms with Crippen LogP contribution in [0.15, 0.2) is 12.3 Å². The van der Waals surface area contributed by atoms with Gasteiger partial charge in [-0.1, -0.05) is 13.0 Å². The van der Waals surface area contributed by atoms with Crippen molar-refractivity contribution in [2.45, 2.75) is 13.3 Å². The first-order valence-electron chi connectivity index (χ1n) is 3.89. The second-order valence-electron chi connectivity index (χ2n) is 3.00. The molecule has 0 fully saturated rings. The minimum atomic E-state index is -0.202. The van der Waals surface area contributed by atoms with Crippen LogP contribution in [-0.4, -0.2) is 12.5 Å². The molecule has 0 aromatic heterocycles. The quantitative estimate of drug-likeness (QED) is 0.598. The maximum atomic E-state index is 10.8. The average molecular weight is 154 g/mol. The Morgan fingerprint density at radius 1 is 1.82 bits per heavy atom.